The number of hydrogen-bond acceptors (Lipinski definition) is 2. The van der Waals surface area contributed by atoms with Crippen molar-refractivity contribution in [3.8, 4) is 5.75 Å². The summed E-state index contributed by atoms with van der Waals surface area (Å²) in [6, 6.07) is 6.30. The molecule has 1 N–H and O–H groups in total. The van der Waals surface area contributed by atoms with E-state index in [0.29, 0.717) is 0 Å². The quantitative estimate of drug-likeness (QED) is 0.797. The van der Waals surface area contributed by atoms with Crippen molar-refractivity contribution in [2.75, 3.05) is 18.5 Å². The Kier molecular flexibility index (Phi) is 3.14. The lowest BCUT2D eigenvalue weighted by Gasteiger charge is -2.12. The van der Waals surface area contributed by atoms with Crippen LogP contribution in [0.5, 0.6) is 5.75 Å². The van der Waals surface area contributed by atoms with Gasteiger partial charge in [-0.1, -0.05) is 6.07 Å². The molecule has 2 heteroatoms. The van der Waals surface area contributed by atoms with E-state index in [9.17, 15) is 0 Å². The van der Waals surface area contributed by atoms with E-state index >= 15 is 0 Å². The molecule has 1 saturated carbocycles. The monoisotopic (exact) mass is 205 g/mol. The second-order valence-corrected chi connectivity index (χ2v) is 4.26. The minimum Gasteiger partial charge on any atom is -0.492 e. The number of aryl methyl sites for hydroxylation is 1. The Bertz CT molecular complexity index is 331. The SMILES string of the molecule is CCOc1ccc(C)cc1NCC1CC1. The van der Waals surface area contributed by atoms with Crippen LogP contribution in [0.2, 0.25) is 0 Å². The van der Waals surface area contributed by atoms with Crippen LogP contribution in [0.1, 0.15) is 25.3 Å². The van der Waals surface area contributed by atoms with Gasteiger partial charge in [0.25, 0.3) is 0 Å². The molecule has 1 fully saturated rings. The highest BCUT2D eigenvalue weighted by Gasteiger charge is 2.21. The molecular formula is C13H19NO. The molecule has 0 radical (unpaired) electrons. The van der Waals surface area contributed by atoms with Crippen molar-refractivity contribution in [1.82, 2.24) is 0 Å². The molecule has 0 heterocycles. The molecule has 2 nitrogen and oxygen atoms in total. The third-order valence-electron chi connectivity index (χ3n) is 2.71. The summed E-state index contributed by atoms with van der Waals surface area (Å²) in [4.78, 5) is 0. The summed E-state index contributed by atoms with van der Waals surface area (Å²) in [5.41, 5.74) is 2.42. The Labute approximate surface area is 91.6 Å². The smallest absolute Gasteiger partial charge is 0.142 e. The van der Waals surface area contributed by atoms with Gasteiger partial charge >= 0.3 is 0 Å². The first-order valence-corrected chi connectivity index (χ1v) is 5.77. The van der Waals surface area contributed by atoms with Crippen LogP contribution in [0.4, 0.5) is 5.69 Å². The van der Waals surface area contributed by atoms with Gasteiger partial charge < -0.3 is 10.1 Å². The molecule has 1 aliphatic rings. The fraction of sp³-hybridized carbons (Fsp3) is 0.538. The van der Waals surface area contributed by atoms with E-state index in [2.05, 4.69) is 24.4 Å². The molecule has 1 aromatic carbocycles. The minimum absolute atomic E-state index is 0.723. The molecule has 0 saturated heterocycles. The highest BCUT2D eigenvalue weighted by molar-refractivity contribution is 5.58. The van der Waals surface area contributed by atoms with E-state index in [-0.39, 0.29) is 0 Å². The Morgan fingerprint density at radius 1 is 1.40 bits per heavy atom. The zero-order valence-corrected chi connectivity index (χ0v) is 9.55. The average Bonchev–Trinajstić information content (AvgIpc) is 3.02. The van der Waals surface area contributed by atoms with Gasteiger partial charge in [0.05, 0.1) is 12.3 Å². The molecular weight excluding hydrogens is 186 g/mol. The molecule has 82 valence electrons. The van der Waals surface area contributed by atoms with Crippen molar-refractivity contribution in [1.29, 1.82) is 0 Å². The van der Waals surface area contributed by atoms with Gasteiger partial charge in [0.1, 0.15) is 5.75 Å². The van der Waals surface area contributed by atoms with Crippen molar-refractivity contribution in [3.63, 3.8) is 0 Å². The lowest BCUT2D eigenvalue weighted by molar-refractivity contribution is 0.341. The average molecular weight is 205 g/mol. The molecule has 2 rings (SSSR count). The Morgan fingerprint density at radius 2 is 2.20 bits per heavy atom. The van der Waals surface area contributed by atoms with Crippen molar-refractivity contribution in [2.45, 2.75) is 26.7 Å². The Balaban J connectivity index is 2.05. The molecule has 0 amide bonds. The maximum atomic E-state index is 5.58. The minimum atomic E-state index is 0.723. The van der Waals surface area contributed by atoms with Gasteiger partial charge in [-0.05, 0) is 50.3 Å². The predicted octanol–water partition coefficient (Wildman–Crippen LogP) is 3.22. The van der Waals surface area contributed by atoms with Gasteiger partial charge in [-0.3, -0.25) is 0 Å². The topological polar surface area (TPSA) is 21.3 Å². The van der Waals surface area contributed by atoms with Gasteiger partial charge in [0, 0.05) is 6.54 Å². The van der Waals surface area contributed by atoms with Crippen molar-refractivity contribution < 1.29 is 4.74 Å². The first-order valence-electron chi connectivity index (χ1n) is 5.77. The second-order valence-electron chi connectivity index (χ2n) is 4.26. The molecule has 0 bridgehead atoms. The fourth-order valence-corrected chi connectivity index (χ4v) is 1.64. The van der Waals surface area contributed by atoms with E-state index in [1.807, 2.05) is 13.0 Å². The highest BCUT2D eigenvalue weighted by Crippen LogP contribution is 2.31. The summed E-state index contributed by atoms with van der Waals surface area (Å²) in [5, 5.41) is 3.48. The fourth-order valence-electron chi connectivity index (χ4n) is 1.64. The number of hydrogen-bond donors (Lipinski definition) is 1. The van der Waals surface area contributed by atoms with Crippen LogP contribution >= 0.6 is 0 Å². The first kappa shape index (κ1) is 10.3. The Hall–Kier alpha value is -1.18. The van der Waals surface area contributed by atoms with E-state index in [1.54, 1.807) is 0 Å². The summed E-state index contributed by atoms with van der Waals surface area (Å²) < 4.78 is 5.58. The number of rotatable bonds is 5. The third kappa shape index (κ3) is 2.88. The van der Waals surface area contributed by atoms with Gasteiger partial charge in [-0.2, -0.15) is 0 Å². The van der Waals surface area contributed by atoms with E-state index < -0.39 is 0 Å². The largest absolute Gasteiger partial charge is 0.492 e. The predicted molar refractivity (Wildman–Crippen MR) is 63.6 cm³/mol. The third-order valence-corrected chi connectivity index (χ3v) is 2.71. The zero-order valence-electron chi connectivity index (χ0n) is 9.55. The van der Waals surface area contributed by atoms with Crippen LogP contribution in [0.3, 0.4) is 0 Å². The maximum absolute atomic E-state index is 5.58. The van der Waals surface area contributed by atoms with Crippen LogP contribution < -0.4 is 10.1 Å². The van der Waals surface area contributed by atoms with Crippen LogP contribution in [0, 0.1) is 12.8 Å². The molecule has 0 atom stereocenters. The normalized spacial score (nSPS) is 15.1. The molecule has 0 spiro atoms. The summed E-state index contributed by atoms with van der Waals surface area (Å²) >= 11 is 0. The molecule has 1 aromatic rings. The lowest BCUT2D eigenvalue weighted by atomic mass is 10.2. The number of ether oxygens (including phenoxy) is 1. The number of benzene rings is 1. The summed E-state index contributed by atoms with van der Waals surface area (Å²) in [6.07, 6.45) is 2.76. The van der Waals surface area contributed by atoms with Gasteiger partial charge in [-0.15, -0.1) is 0 Å². The molecule has 1 aliphatic carbocycles. The summed E-state index contributed by atoms with van der Waals surface area (Å²) in [7, 11) is 0. The maximum Gasteiger partial charge on any atom is 0.142 e. The van der Waals surface area contributed by atoms with Crippen LogP contribution in [-0.4, -0.2) is 13.2 Å². The number of nitrogens with one attached hydrogen (secondary N) is 1. The van der Waals surface area contributed by atoms with Crippen molar-refractivity contribution in [2.24, 2.45) is 5.92 Å². The highest BCUT2D eigenvalue weighted by atomic mass is 16.5. The van der Waals surface area contributed by atoms with E-state index in [4.69, 9.17) is 4.74 Å². The molecule has 0 aliphatic heterocycles. The van der Waals surface area contributed by atoms with Crippen molar-refractivity contribution >= 4 is 5.69 Å². The molecule has 0 unspecified atom stereocenters. The van der Waals surface area contributed by atoms with E-state index in [1.165, 1.54) is 18.4 Å². The van der Waals surface area contributed by atoms with Gasteiger partial charge in [0.15, 0.2) is 0 Å². The van der Waals surface area contributed by atoms with Crippen LogP contribution in [-0.2, 0) is 0 Å². The zero-order chi connectivity index (χ0) is 10.7. The summed E-state index contributed by atoms with van der Waals surface area (Å²) in [6.45, 7) is 5.94. The second kappa shape index (κ2) is 4.56. The first-order chi connectivity index (χ1) is 7.29. The van der Waals surface area contributed by atoms with Gasteiger partial charge in [-0.25, -0.2) is 0 Å². The van der Waals surface area contributed by atoms with Crippen molar-refractivity contribution in [3.05, 3.63) is 23.8 Å². The van der Waals surface area contributed by atoms with E-state index in [0.717, 1.165) is 30.5 Å². The standard InChI is InChI=1S/C13H19NO/c1-3-15-13-7-4-10(2)8-12(13)14-9-11-5-6-11/h4,7-8,11,14H,3,5-6,9H2,1-2H3. The number of anilines is 1. The van der Waals surface area contributed by atoms with Crippen LogP contribution in [0.15, 0.2) is 18.2 Å². The Morgan fingerprint density at radius 3 is 2.87 bits per heavy atom. The van der Waals surface area contributed by atoms with Crippen LogP contribution in [0.25, 0.3) is 0 Å². The lowest BCUT2D eigenvalue weighted by Crippen LogP contribution is -2.05. The molecule has 15 heavy (non-hydrogen) atoms. The molecule has 0 aromatic heterocycles. The summed E-state index contributed by atoms with van der Waals surface area (Å²) in [5.74, 6) is 1.86. The van der Waals surface area contributed by atoms with Gasteiger partial charge in [0.2, 0.25) is 0 Å².